The second kappa shape index (κ2) is 3.94. The van der Waals surface area contributed by atoms with Gasteiger partial charge in [-0.25, -0.2) is 0 Å². The highest BCUT2D eigenvalue weighted by atomic mass is 16.3. The molecule has 0 aromatic rings. The maximum absolute atomic E-state index is 9.10. The van der Waals surface area contributed by atoms with Crippen LogP contribution in [-0.2, 0) is 0 Å². The Bertz CT molecular complexity index is 85.7. The van der Waals surface area contributed by atoms with Gasteiger partial charge in [0.2, 0.25) is 0 Å². The smallest absolute Gasteiger partial charge is 0.0662 e. The van der Waals surface area contributed by atoms with Crippen molar-refractivity contribution < 1.29 is 5.11 Å². The zero-order valence-corrected chi connectivity index (χ0v) is 7.22. The van der Waals surface area contributed by atoms with Crippen molar-refractivity contribution in [2.75, 3.05) is 6.54 Å². The molecule has 2 nitrogen and oxygen atoms in total. The summed E-state index contributed by atoms with van der Waals surface area (Å²) in [4.78, 5) is 0. The van der Waals surface area contributed by atoms with E-state index in [0.717, 1.165) is 12.8 Å². The van der Waals surface area contributed by atoms with Gasteiger partial charge in [-0.3, -0.25) is 0 Å². The third kappa shape index (κ3) is 6.05. The second-order valence-corrected chi connectivity index (χ2v) is 3.99. The van der Waals surface area contributed by atoms with E-state index in [1.165, 1.54) is 0 Å². The summed E-state index contributed by atoms with van der Waals surface area (Å²) in [5.74, 6) is 0. The predicted octanol–water partition coefficient (Wildman–Crippen LogP) is 1.13. The molecule has 0 aliphatic heterocycles. The van der Waals surface area contributed by atoms with Crippen molar-refractivity contribution >= 4 is 0 Å². The fraction of sp³-hybridized carbons (Fsp3) is 1.00. The molecule has 10 heavy (non-hydrogen) atoms. The topological polar surface area (TPSA) is 46.2 Å². The maximum atomic E-state index is 9.10. The van der Waals surface area contributed by atoms with Crippen molar-refractivity contribution in [1.29, 1.82) is 0 Å². The van der Waals surface area contributed by atoms with Crippen LogP contribution >= 0.6 is 0 Å². The average Bonchev–Trinajstić information content (AvgIpc) is 1.81. The molecule has 0 aromatic heterocycles. The molecule has 0 radical (unpaired) electrons. The van der Waals surface area contributed by atoms with E-state index < -0.39 is 0 Å². The van der Waals surface area contributed by atoms with Crippen LogP contribution in [0.4, 0.5) is 0 Å². The molecule has 0 aromatic carbocycles. The monoisotopic (exact) mass is 145 g/mol. The zero-order valence-electron chi connectivity index (χ0n) is 7.22. The molecule has 0 aliphatic rings. The van der Waals surface area contributed by atoms with Gasteiger partial charge in [0, 0.05) is 6.54 Å². The number of aliphatic hydroxyl groups excluding tert-OH is 1. The van der Waals surface area contributed by atoms with E-state index in [1.807, 2.05) is 0 Å². The van der Waals surface area contributed by atoms with E-state index in [-0.39, 0.29) is 6.10 Å². The Morgan fingerprint density at radius 2 is 1.90 bits per heavy atom. The van der Waals surface area contributed by atoms with Gasteiger partial charge in [0.05, 0.1) is 6.10 Å². The van der Waals surface area contributed by atoms with Gasteiger partial charge in [-0.1, -0.05) is 20.8 Å². The van der Waals surface area contributed by atoms with Gasteiger partial charge in [0.1, 0.15) is 0 Å². The Hall–Kier alpha value is -0.0800. The minimum absolute atomic E-state index is 0.306. The molecule has 1 atom stereocenters. The first-order valence-electron chi connectivity index (χ1n) is 3.84. The maximum Gasteiger partial charge on any atom is 0.0662 e. The third-order valence-electron chi connectivity index (χ3n) is 1.50. The van der Waals surface area contributed by atoms with Crippen molar-refractivity contribution in [1.82, 2.24) is 0 Å². The first-order valence-corrected chi connectivity index (χ1v) is 3.84. The van der Waals surface area contributed by atoms with Crippen molar-refractivity contribution in [3.63, 3.8) is 0 Å². The van der Waals surface area contributed by atoms with Crippen LogP contribution < -0.4 is 5.73 Å². The molecule has 62 valence electrons. The minimum Gasteiger partial charge on any atom is -0.392 e. The Morgan fingerprint density at radius 3 is 2.20 bits per heavy atom. The predicted molar refractivity (Wildman–Crippen MR) is 43.8 cm³/mol. The minimum atomic E-state index is -0.306. The first-order chi connectivity index (χ1) is 4.45. The van der Waals surface area contributed by atoms with Gasteiger partial charge >= 0.3 is 0 Å². The number of rotatable bonds is 3. The summed E-state index contributed by atoms with van der Waals surface area (Å²) in [5.41, 5.74) is 5.57. The van der Waals surface area contributed by atoms with E-state index in [2.05, 4.69) is 20.8 Å². The summed E-state index contributed by atoms with van der Waals surface area (Å²) in [5, 5.41) is 9.10. The Labute approximate surface area is 63.4 Å². The third-order valence-corrected chi connectivity index (χ3v) is 1.50. The van der Waals surface area contributed by atoms with E-state index in [9.17, 15) is 0 Å². The van der Waals surface area contributed by atoms with Crippen LogP contribution in [0.1, 0.15) is 33.6 Å². The molecule has 0 fully saturated rings. The van der Waals surface area contributed by atoms with Crippen LogP contribution in [0.15, 0.2) is 0 Å². The highest BCUT2D eigenvalue weighted by Gasteiger charge is 2.11. The fourth-order valence-corrected chi connectivity index (χ4v) is 0.717. The lowest BCUT2D eigenvalue weighted by molar-refractivity contribution is 0.153. The van der Waals surface area contributed by atoms with Crippen molar-refractivity contribution in [3.05, 3.63) is 0 Å². The molecule has 0 heterocycles. The van der Waals surface area contributed by atoms with Crippen LogP contribution in [0.3, 0.4) is 0 Å². The molecule has 0 saturated heterocycles. The van der Waals surface area contributed by atoms with Crippen LogP contribution in [0, 0.1) is 5.41 Å². The molecular weight excluding hydrogens is 126 g/mol. The Kier molecular flexibility index (Phi) is 3.91. The molecule has 1 unspecified atom stereocenters. The summed E-state index contributed by atoms with van der Waals surface area (Å²) in [6, 6.07) is 0. The lowest BCUT2D eigenvalue weighted by Gasteiger charge is -2.19. The molecule has 0 saturated carbocycles. The highest BCUT2D eigenvalue weighted by Crippen LogP contribution is 2.21. The summed E-state index contributed by atoms with van der Waals surface area (Å²) >= 11 is 0. The lowest BCUT2D eigenvalue weighted by atomic mass is 9.89. The molecule has 0 aliphatic carbocycles. The van der Waals surface area contributed by atoms with Gasteiger partial charge in [0.25, 0.3) is 0 Å². The number of nitrogens with two attached hydrogens (primary N) is 1. The van der Waals surface area contributed by atoms with E-state index in [0.29, 0.717) is 12.0 Å². The Balaban J connectivity index is 3.36. The normalized spacial score (nSPS) is 15.3. The van der Waals surface area contributed by atoms with Crippen LogP contribution in [0.5, 0.6) is 0 Å². The molecule has 0 bridgehead atoms. The average molecular weight is 145 g/mol. The van der Waals surface area contributed by atoms with Crippen molar-refractivity contribution in [2.45, 2.75) is 39.7 Å². The molecule has 0 amide bonds. The number of hydrogen-bond acceptors (Lipinski definition) is 2. The van der Waals surface area contributed by atoms with Crippen molar-refractivity contribution in [2.24, 2.45) is 11.1 Å². The van der Waals surface area contributed by atoms with E-state index in [4.69, 9.17) is 10.8 Å². The second-order valence-electron chi connectivity index (χ2n) is 3.99. The van der Waals surface area contributed by atoms with Crippen molar-refractivity contribution in [3.8, 4) is 0 Å². The van der Waals surface area contributed by atoms with Crippen LogP contribution in [0.25, 0.3) is 0 Å². The summed E-state index contributed by atoms with van der Waals surface area (Å²) in [7, 11) is 0. The van der Waals surface area contributed by atoms with Crippen LogP contribution in [-0.4, -0.2) is 17.8 Å². The Morgan fingerprint density at radius 1 is 1.40 bits per heavy atom. The fourth-order valence-electron chi connectivity index (χ4n) is 0.717. The number of hydrogen-bond donors (Lipinski definition) is 2. The summed E-state index contributed by atoms with van der Waals surface area (Å²) < 4.78 is 0. The molecular formula is C8H19NO. The van der Waals surface area contributed by atoms with E-state index in [1.54, 1.807) is 0 Å². The summed E-state index contributed by atoms with van der Waals surface area (Å²) in [6.45, 7) is 6.87. The molecule has 0 spiro atoms. The summed E-state index contributed by atoms with van der Waals surface area (Å²) in [6.07, 6.45) is 1.55. The molecule has 0 rings (SSSR count). The lowest BCUT2D eigenvalue weighted by Crippen LogP contribution is -2.21. The quantitative estimate of drug-likeness (QED) is 0.625. The largest absolute Gasteiger partial charge is 0.392 e. The van der Waals surface area contributed by atoms with Gasteiger partial charge in [-0.15, -0.1) is 0 Å². The highest BCUT2D eigenvalue weighted by molar-refractivity contribution is 4.65. The van der Waals surface area contributed by atoms with E-state index >= 15 is 0 Å². The first kappa shape index (κ1) is 9.92. The van der Waals surface area contributed by atoms with Gasteiger partial charge in [0.15, 0.2) is 0 Å². The SMILES string of the molecule is CC(C)(C)CCC(O)CN. The molecule has 3 N–H and O–H groups in total. The van der Waals surface area contributed by atoms with Gasteiger partial charge in [-0.2, -0.15) is 0 Å². The molecule has 2 heteroatoms. The zero-order chi connectivity index (χ0) is 8.20. The number of aliphatic hydroxyl groups is 1. The van der Waals surface area contributed by atoms with Crippen LogP contribution in [0.2, 0.25) is 0 Å². The van der Waals surface area contributed by atoms with Gasteiger partial charge < -0.3 is 10.8 Å². The standard InChI is InChI=1S/C8H19NO/c1-8(2,3)5-4-7(10)6-9/h7,10H,4-6,9H2,1-3H3. The van der Waals surface area contributed by atoms with Gasteiger partial charge in [-0.05, 0) is 18.3 Å².